The Bertz CT molecular complexity index is 425. The highest BCUT2D eigenvalue weighted by Gasteiger charge is 2.42. The van der Waals surface area contributed by atoms with Crippen molar-refractivity contribution in [2.75, 3.05) is 6.61 Å². The Hall–Kier alpha value is -0.900. The summed E-state index contributed by atoms with van der Waals surface area (Å²) < 4.78 is 6.22. The van der Waals surface area contributed by atoms with E-state index in [1.165, 1.54) is 24.0 Å². The first-order chi connectivity index (χ1) is 9.61. The van der Waals surface area contributed by atoms with Gasteiger partial charge in [0, 0.05) is 6.61 Å². The molecule has 0 aliphatic heterocycles. The summed E-state index contributed by atoms with van der Waals surface area (Å²) in [5, 5.41) is 0. The largest absolute Gasteiger partial charge is 0.373 e. The minimum absolute atomic E-state index is 0.0647. The molecule has 1 unspecified atom stereocenters. The van der Waals surface area contributed by atoms with Gasteiger partial charge in [0.05, 0.1) is 11.6 Å². The molecule has 2 rings (SSSR count). The molecule has 1 aliphatic carbocycles. The van der Waals surface area contributed by atoms with Gasteiger partial charge in [-0.25, -0.2) is 0 Å². The molecule has 1 aromatic rings. The zero-order chi connectivity index (χ0) is 14.6. The second-order valence-electron chi connectivity index (χ2n) is 6.19. The van der Waals surface area contributed by atoms with Crippen molar-refractivity contribution in [3.05, 3.63) is 35.4 Å². The molecule has 3 N–H and O–H groups in total. The Morgan fingerprint density at radius 2 is 2.10 bits per heavy atom. The van der Waals surface area contributed by atoms with E-state index in [0.717, 1.165) is 25.4 Å². The maximum absolute atomic E-state index is 6.22. The third kappa shape index (κ3) is 3.22. The number of hydrogen-bond donors (Lipinski definition) is 2. The van der Waals surface area contributed by atoms with Crippen LogP contribution in [0.5, 0.6) is 0 Å². The summed E-state index contributed by atoms with van der Waals surface area (Å²) in [6, 6.07) is 8.64. The fourth-order valence-electron chi connectivity index (χ4n) is 3.46. The first kappa shape index (κ1) is 15.5. The van der Waals surface area contributed by atoms with Gasteiger partial charge in [0.1, 0.15) is 0 Å². The lowest BCUT2D eigenvalue weighted by molar-refractivity contribution is -0.0977. The fraction of sp³-hybridized carbons (Fsp3) is 0.647. The van der Waals surface area contributed by atoms with Crippen molar-refractivity contribution in [2.24, 2.45) is 11.8 Å². The number of benzene rings is 1. The van der Waals surface area contributed by atoms with Gasteiger partial charge in [-0.2, -0.15) is 0 Å². The summed E-state index contributed by atoms with van der Waals surface area (Å²) in [6.45, 7) is 7.25. The minimum atomic E-state index is -0.163. The van der Waals surface area contributed by atoms with Crippen LogP contribution in [0.3, 0.4) is 0 Å². The van der Waals surface area contributed by atoms with Crippen LogP contribution in [-0.2, 0) is 4.74 Å². The van der Waals surface area contributed by atoms with E-state index in [0.29, 0.717) is 0 Å². The molecular formula is C17H28N2O. The summed E-state index contributed by atoms with van der Waals surface area (Å²) in [5.41, 5.74) is 5.36. The van der Waals surface area contributed by atoms with E-state index >= 15 is 0 Å². The lowest BCUT2D eigenvalue weighted by Gasteiger charge is -2.44. The molecule has 1 atom stereocenters. The standard InChI is InChI=1S/C17H28N2O/c1-4-20-17(10-8-13(2)9-11-17)16(19-18)15-7-5-6-14(3)12-15/h5-7,12-13,16,19H,4,8-11,18H2,1-3H3. The fourth-order valence-corrected chi connectivity index (χ4v) is 3.46. The van der Waals surface area contributed by atoms with Gasteiger partial charge in [-0.1, -0.05) is 36.8 Å². The Morgan fingerprint density at radius 3 is 2.65 bits per heavy atom. The molecule has 0 bridgehead atoms. The molecule has 1 aromatic carbocycles. The normalized spacial score (nSPS) is 28.3. The van der Waals surface area contributed by atoms with Gasteiger partial charge in [-0.3, -0.25) is 11.3 Å². The van der Waals surface area contributed by atoms with E-state index in [-0.39, 0.29) is 11.6 Å². The highest BCUT2D eigenvalue weighted by Crippen LogP contribution is 2.43. The zero-order valence-corrected chi connectivity index (χ0v) is 13.0. The lowest BCUT2D eigenvalue weighted by Crippen LogP contribution is -2.50. The molecule has 0 spiro atoms. The number of hydrazine groups is 1. The van der Waals surface area contributed by atoms with E-state index in [2.05, 4.69) is 50.5 Å². The van der Waals surface area contributed by atoms with Gasteiger partial charge in [-0.05, 0) is 51.0 Å². The molecule has 0 amide bonds. The summed E-state index contributed by atoms with van der Waals surface area (Å²) >= 11 is 0. The molecule has 0 aromatic heterocycles. The quantitative estimate of drug-likeness (QED) is 0.639. The van der Waals surface area contributed by atoms with Gasteiger partial charge in [0.2, 0.25) is 0 Å². The molecule has 112 valence electrons. The highest BCUT2D eigenvalue weighted by molar-refractivity contribution is 5.27. The molecule has 3 heteroatoms. The van der Waals surface area contributed by atoms with E-state index < -0.39 is 0 Å². The predicted molar refractivity (Wildman–Crippen MR) is 83.2 cm³/mol. The predicted octanol–water partition coefficient (Wildman–Crippen LogP) is 3.48. The molecule has 1 fully saturated rings. The van der Waals surface area contributed by atoms with Gasteiger partial charge in [0.25, 0.3) is 0 Å². The van der Waals surface area contributed by atoms with Crippen LogP contribution in [0.1, 0.15) is 56.7 Å². The maximum Gasteiger partial charge on any atom is 0.0889 e. The second kappa shape index (κ2) is 6.70. The van der Waals surface area contributed by atoms with Crippen molar-refractivity contribution >= 4 is 0 Å². The SMILES string of the molecule is CCOC1(C(NN)c2cccc(C)c2)CCC(C)CC1. The van der Waals surface area contributed by atoms with E-state index in [1.807, 2.05) is 0 Å². The molecule has 0 heterocycles. The van der Waals surface area contributed by atoms with Crippen LogP contribution in [0.4, 0.5) is 0 Å². The van der Waals surface area contributed by atoms with Crippen LogP contribution < -0.4 is 11.3 Å². The number of hydrogen-bond acceptors (Lipinski definition) is 3. The van der Waals surface area contributed by atoms with Crippen molar-refractivity contribution in [1.82, 2.24) is 5.43 Å². The van der Waals surface area contributed by atoms with Gasteiger partial charge >= 0.3 is 0 Å². The molecule has 20 heavy (non-hydrogen) atoms. The van der Waals surface area contributed by atoms with Crippen LogP contribution in [-0.4, -0.2) is 12.2 Å². The third-order valence-corrected chi connectivity index (χ3v) is 4.62. The van der Waals surface area contributed by atoms with Gasteiger partial charge < -0.3 is 4.74 Å². The first-order valence-corrected chi connectivity index (χ1v) is 7.78. The average Bonchev–Trinajstić information content (AvgIpc) is 2.43. The van der Waals surface area contributed by atoms with Crippen molar-refractivity contribution in [3.8, 4) is 0 Å². The molecule has 1 aliphatic rings. The molecule has 1 saturated carbocycles. The Balaban J connectivity index is 2.30. The smallest absolute Gasteiger partial charge is 0.0889 e. The Morgan fingerprint density at radius 1 is 1.40 bits per heavy atom. The number of aryl methyl sites for hydroxylation is 1. The van der Waals surface area contributed by atoms with Crippen LogP contribution in [0, 0.1) is 12.8 Å². The maximum atomic E-state index is 6.22. The van der Waals surface area contributed by atoms with Gasteiger partial charge in [0.15, 0.2) is 0 Å². The van der Waals surface area contributed by atoms with Crippen LogP contribution in [0.25, 0.3) is 0 Å². The molecule has 3 nitrogen and oxygen atoms in total. The Kier molecular flexibility index (Phi) is 5.19. The number of nitrogens with two attached hydrogens (primary N) is 1. The molecule has 0 radical (unpaired) electrons. The van der Waals surface area contributed by atoms with Crippen molar-refractivity contribution in [1.29, 1.82) is 0 Å². The van der Waals surface area contributed by atoms with Gasteiger partial charge in [-0.15, -0.1) is 0 Å². The van der Waals surface area contributed by atoms with Crippen molar-refractivity contribution < 1.29 is 4.74 Å². The van der Waals surface area contributed by atoms with Crippen molar-refractivity contribution in [3.63, 3.8) is 0 Å². The van der Waals surface area contributed by atoms with Crippen LogP contribution in [0.15, 0.2) is 24.3 Å². The average molecular weight is 276 g/mol. The van der Waals surface area contributed by atoms with E-state index in [4.69, 9.17) is 10.6 Å². The summed E-state index contributed by atoms with van der Waals surface area (Å²) in [5.74, 6) is 6.70. The molecular weight excluding hydrogens is 248 g/mol. The highest BCUT2D eigenvalue weighted by atomic mass is 16.5. The summed E-state index contributed by atoms with van der Waals surface area (Å²) in [4.78, 5) is 0. The third-order valence-electron chi connectivity index (χ3n) is 4.62. The molecule has 0 saturated heterocycles. The number of nitrogens with one attached hydrogen (secondary N) is 1. The van der Waals surface area contributed by atoms with Crippen molar-refractivity contribution in [2.45, 2.75) is 58.1 Å². The monoisotopic (exact) mass is 276 g/mol. The number of rotatable bonds is 5. The van der Waals surface area contributed by atoms with Crippen LogP contribution in [0.2, 0.25) is 0 Å². The Labute approximate surface area is 122 Å². The number of ether oxygens (including phenoxy) is 1. The zero-order valence-electron chi connectivity index (χ0n) is 13.0. The second-order valence-corrected chi connectivity index (χ2v) is 6.19. The first-order valence-electron chi connectivity index (χ1n) is 7.78. The topological polar surface area (TPSA) is 47.3 Å². The summed E-state index contributed by atoms with van der Waals surface area (Å²) in [7, 11) is 0. The van der Waals surface area contributed by atoms with E-state index in [1.54, 1.807) is 0 Å². The minimum Gasteiger partial charge on any atom is -0.373 e. The summed E-state index contributed by atoms with van der Waals surface area (Å²) in [6.07, 6.45) is 4.57. The van der Waals surface area contributed by atoms with Crippen LogP contribution >= 0.6 is 0 Å². The lowest BCUT2D eigenvalue weighted by atomic mass is 9.73. The van der Waals surface area contributed by atoms with E-state index in [9.17, 15) is 0 Å².